The second kappa shape index (κ2) is 4.66. The van der Waals surface area contributed by atoms with Gasteiger partial charge in [0.15, 0.2) is 0 Å². The number of hydrogen-bond acceptors (Lipinski definition) is 4. The lowest BCUT2D eigenvalue weighted by molar-refractivity contribution is -0.143. The summed E-state index contributed by atoms with van der Waals surface area (Å²) in [5.41, 5.74) is 7.31. The van der Waals surface area contributed by atoms with E-state index in [0.717, 1.165) is 37.3 Å². The topological polar surface area (TPSA) is 69.8 Å². The summed E-state index contributed by atoms with van der Waals surface area (Å²) < 4.78 is 0. The van der Waals surface area contributed by atoms with E-state index in [1.165, 1.54) is 0 Å². The highest BCUT2D eigenvalue weighted by atomic mass is 16.4. The van der Waals surface area contributed by atoms with Crippen LogP contribution in [0.4, 0.5) is 11.4 Å². The molecule has 2 aliphatic rings. The van der Waals surface area contributed by atoms with Crippen molar-refractivity contribution >= 4 is 17.3 Å². The average molecular weight is 275 g/mol. The Kier molecular flexibility index (Phi) is 3.09. The number of fused-ring (bicyclic) bond motifs is 1. The minimum atomic E-state index is -1.12. The van der Waals surface area contributed by atoms with Crippen LogP contribution < -0.4 is 15.5 Å². The zero-order valence-electron chi connectivity index (χ0n) is 11.7. The van der Waals surface area contributed by atoms with Gasteiger partial charge >= 0.3 is 5.97 Å². The monoisotopic (exact) mass is 275 g/mol. The quantitative estimate of drug-likeness (QED) is 0.862. The van der Waals surface area contributed by atoms with E-state index in [4.69, 9.17) is 5.73 Å². The van der Waals surface area contributed by atoms with Gasteiger partial charge in [-0.15, -0.1) is 0 Å². The number of nitrogens with two attached hydrogens (primary N) is 1. The Balaban J connectivity index is 1.88. The molecule has 1 aliphatic carbocycles. The van der Waals surface area contributed by atoms with Gasteiger partial charge in [0.1, 0.15) is 5.54 Å². The number of nitrogens with zero attached hydrogens (tertiary/aromatic N) is 2. The lowest BCUT2D eigenvalue weighted by atomic mass is 9.93. The van der Waals surface area contributed by atoms with E-state index in [0.29, 0.717) is 6.54 Å². The summed E-state index contributed by atoms with van der Waals surface area (Å²) in [6.45, 7) is 2.09. The Labute approximate surface area is 119 Å². The fourth-order valence-electron chi connectivity index (χ4n) is 3.02. The maximum Gasteiger partial charge on any atom is 0.325 e. The Morgan fingerprint density at radius 1 is 1.35 bits per heavy atom. The van der Waals surface area contributed by atoms with E-state index < -0.39 is 11.5 Å². The number of carbonyl (C=O) groups is 1. The third-order valence-electron chi connectivity index (χ3n) is 4.50. The predicted molar refractivity (Wildman–Crippen MR) is 79.2 cm³/mol. The summed E-state index contributed by atoms with van der Waals surface area (Å²) >= 11 is 0. The lowest BCUT2D eigenvalue weighted by Gasteiger charge is -2.40. The molecule has 0 aromatic heterocycles. The molecule has 0 radical (unpaired) electrons. The number of aliphatic carboxylic acids is 1. The Morgan fingerprint density at radius 3 is 2.60 bits per heavy atom. The molecule has 0 amide bonds. The zero-order valence-corrected chi connectivity index (χ0v) is 11.7. The van der Waals surface area contributed by atoms with Gasteiger partial charge in [-0.05, 0) is 30.9 Å². The lowest BCUT2D eigenvalue weighted by Crippen LogP contribution is -2.59. The van der Waals surface area contributed by atoms with Crippen molar-refractivity contribution in [1.82, 2.24) is 0 Å². The molecule has 3 N–H and O–H groups in total. The minimum Gasteiger partial charge on any atom is -0.480 e. The molecule has 108 valence electrons. The van der Waals surface area contributed by atoms with Crippen LogP contribution in [0.15, 0.2) is 24.3 Å². The van der Waals surface area contributed by atoms with Gasteiger partial charge in [-0.1, -0.05) is 12.1 Å². The molecular weight excluding hydrogens is 254 g/mol. The first-order valence-electron chi connectivity index (χ1n) is 7.10. The first-order chi connectivity index (χ1) is 9.52. The summed E-state index contributed by atoms with van der Waals surface area (Å²) in [7, 11) is 2.06. The standard InChI is InChI=1S/C15H21N3O2/c1-17-8-9-18(13-5-3-2-4-12(13)17)10-15(16,14(19)20)11-6-7-11/h2-5,11H,6-10,16H2,1H3,(H,19,20). The molecule has 0 saturated heterocycles. The van der Waals surface area contributed by atoms with E-state index in [2.05, 4.69) is 22.9 Å². The number of benzene rings is 1. The summed E-state index contributed by atoms with van der Waals surface area (Å²) in [4.78, 5) is 15.9. The van der Waals surface area contributed by atoms with Crippen LogP contribution in [0, 0.1) is 5.92 Å². The van der Waals surface area contributed by atoms with Crippen LogP contribution in [-0.2, 0) is 4.79 Å². The van der Waals surface area contributed by atoms with Crippen LogP contribution in [0.25, 0.3) is 0 Å². The van der Waals surface area contributed by atoms with Gasteiger partial charge in [0.05, 0.1) is 11.4 Å². The van der Waals surface area contributed by atoms with E-state index in [9.17, 15) is 9.90 Å². The van der Waals surface area contributed by atoms with Gasteiger partial charge in [0.2, 0.25) is 0 Å². The molecule has 3 rings (SSSR count). The molecule has 1 unspecified atom stereocenters. The van der Waals surface area contributed by atoms with Gasteiger partial charge in [-0.3, -0.25) is 4.79 Å². The molecule has 1 fully saturated rings. The molecule has 1 saturated carbocycles. The van der Waals surface area contributed by atoms with Gasteiger partial charge < -0.3 is 20.6 Å². The predicted octanol–water partition coefficient (Wildman–Crippen LogP) is 1.13. The number of anilines is 2. The van der Waals surface area contributed by atoms with Gasteiger partial charge in [0, 0.05) is 26.7 Å². The first kappa shape index (κ1) is 13.2. The summed E-state index contributed by atoms with van der Waals surface area (Å²) in [6, 6.07) is 8.10. The fourth-order valence-corrected chi connectivity index (χ4v) is 3.02. The molecule has 0 bridgehead atoms. The Hall–Kier alpha value is -1.75. The van der Waals surface area contributed by atoms with Crippen LogP contribution in [0.3, 0.4) is 0 Å². The summed E-state index contributed by atoms with van der Waals surface area (Å²) in [5, 5.41) is 9.51. The highest BCUT2D eigenvalue weighted by Crippen LogP contribution is 2.41. The largest absolute Gasteiger partial charge is 0.480 e. The second-order valence-corrected chi connectivity index (χ2v) is 5.95. The SMILES string of the molecule is CN1CCN(CC(N)(C(=O)O)C2CC2)c2ccccc21. The molecule has 1 aromatic rings. The molecule has 1 aromatic carbocycles. The number of likely N-dealkylation sites (N-methyl/N-ethyl adjacent to an activating group) is 1. The Morgan fingerprint density at radius 2 is 2.00 bits per heavy atom. The van der Waals surface area contributed by atoms with Crippen molar-refractivity contribution in [2.75, 3.05) is 36.5 Å². The molecule has 1 aliphatic heterocycles. The van der Waals surface area contributed by atoms with E-state index in [1.54, 1.807) is 0 Å². The van der Waals surface area contributed by atoms with Crippen LogP contribution in [0.2, 0.25) is 0 Å². The summed E-state index contributed by atoms with van der Waals surface area (Å²) in [5.74, 6) is -0.761. The normalized spacial score (nSPS) is 21.3. The minimum absolute atomic E-state index is 0.117. The van der Waals surface area contributed by atoms with Crippen molar-refractivity contribution in [3.63, 3.8) is 0 Å². The fraction of sp³-hybridized carbons (Fsp3) is 0.533. The van der Waals surface area contributed by atoms with Crippen molar-refractivity contribution in [2.24, 2.45) is 11.7 Å². The third-order valence-corrected chi connectivity index (χ3v) is 4.50. The molecule has 1 atom stereocenters. The van der Waals surface area contributed by atoms with Crippen molar-refractivity contribution in [3.8, 4) is 0 Å². The van der Waals surface area contributed by atoms with E-state index in [1.807, 2.05) is 18.2 Å². The van der Waals surface area contributed by atoms with Crippen molar-refractivity contribution < 1.29 is 9.90 Å². The first-order valence-corrected chi connectivity index (χ1v) is 7.10. The van der Waals surface area contributed by atoms with Crippen LogP contribution in [0.1, 0.15) is 12.8 Å². The van der Waals surface area contributed by atoms with E-state index >= 15 is 0 Å². The second-order valence-electron chi connectivity index (χ2n) is 5.95. The summed E-state index contributed by atoms with van der Waals surface area (Å²) in [6.07, 6.45) is 1.86. The highest BCUT2D eigenvalue weighted by Gasteiger charge is 2.49. The van der Waals surface area contributed by atoms with E-state index in [-0.39, 0.29) is 5.92 Å². The highest BCUT2D eigenvalue weighted by molar-refractivity contribution is 5.82. The van der Waals surface area contributed by atoms with Crippen LogP contribution in [-0.4, -0.2) is 43.3 Å². The van der Waals surface area contributed by atoms with Crippen molar-refractivity contribution in [3.05, 3.63) is 24.3 Å². The van der Waals surface area contributed by atoms with Gasteiger partial charge in [-0.2, -0.15) is 0 Å². The van der Waals surface area contributed by atoms with Crippen LogP contribution in [0.5, 0.6) is 0 Å². The van der Waals surface area contributed by atoms with Crippen molar-refractivity contribution in [1.29, 1.82) is 0 Å². The third kappa shape index (κ3) is 2.12. The van der Waals surface area contributed by atoms with Gasteiger partial charge in [0.25, 0.3) is 0 Å². The maximum atomic E-state index is 11.6. The van der Waals surface area contributed by atoms with Gasteiger partial charge in [-0.25, -0.2) is 0 Å². The Bertz CT molecular complexity index is 530. The van der Waals surface area contributed by atoms with Crippen LogP contribution >= 0.6 is 0 Å². The maximum absolute atomic E-state index is 11.6. The number of carboxylic acids is 1. The molecule has 0 spiro atoms. The molecule has 5 nitrogen and oxygen atoms in total. The molecule has 5 heteroatoms. The number of carboxylic acid groups (broad SMARTS) is 1. The number of hydrogen-bond donors (Lipinski definition) is 2. The number of rotatable bonds is 4. The number of para-hydroxylation sites is 2. The molecular formula is C15H21N3O2. The smallest absolute Gasteiger partial charge is 0.325 e. The molecule has 20 heavy (non-hydrogen) atoms. The average Bonchev–Trinajstić information content (AvgIpc) is 3.27. The van der Waals surface area contributed by atoms with Crippen molar-refractivity contribution in [2.45, 2.75) is 18.4 Å². The molecule has 1 heterocycles. The zero-order chi connectivity index (χ0) is 14.3.